The zero-order valence-corrected chi connectivity index (χ0v) is 22.3. The van der Waals surface area contributed by atoms with Gasteiger partial charge in [0, 0.05) is 48.7 Å². The Morgan fingerprint density at radius 2 is 1.97 bits per heavy atom. The fourth-order valence-corrected chi connectivity index (χ4v) is 5.56. The number of aromatic nitrogens is 1. The molecule has 1 aromatic heterocycles. The van der Waals surface area contributed by atoms with E-state index in [1.54, 1.807) is 6.92 Å². The van der Waals surface area contributed by atoms with E-state index in [2.05, 4.69) is 45.3 Å². The van der Waals surface area contributed by atoms with E-state index in [0.29, 0.717) is 18.4 Å². The average molecular weight is 509 g/mol. The van der Waals surface area contributed by atoms with Crippen LogP contribution in [0.5, 0.6) is 5.75 Å². The zero-order chi connectivity index (χ0) is 25.5. The summed E-state index contributed by atoms with van der Waals surface area (Å²) in [5, 5.41) is 3.99. The van der Waals surface area contributed by atoms with Gasteiger partial charge in [-0.2, -0.15) is 0 Å². The smallest absolute Gasteiger partial charge is 0.221 e. The maximum atomic E-state index is 11.6. The topological polar surface area (TPSA) is 57.7 Å². The molecule has 0 bridgehead atoms. The number of hydrogen-bond donors (Lipinski definition) is 1. The molecule has 1 aliphatic heterocycles. The van der Waals surface area contributed by atoms with Crippen molar-refractivity contribution < 1.29 is 9.53 Å². The highest BCUT2D eigenvalue weighted by atomic mass is 35.5. The Balaban J connectivity index is 1.35. The number of piperidine rings is 1. The molecule has 36 heavy (non-hydrogen) atoms. The highest BCUT2D eigenvalue weighted by Crippen LogP contribution is 2.36. The third kappa shape index (κ3) is 6.75. The minimum absolute atomic E-state index is 0.0526. The maximum Gasteiger partial charge on any atom is 0.221 e. The largest absolute Gasteiger partial charge is 0.492 e. The number of anilines is 1. The number of nitrogens with one attached hydrogen (secondary N) is 1. The van der Waals surface area contributed by atoms with Crippen LogP contribution in [0.3, 0.4) is 0 Å². The molecule has 1 saturated heterocycles. The molecule has 2 aromatic carbocycles. The molecule has 0 radical (unpaired) electrons. The van der Waals surface area contributed by atoms with E-state index in [9.17, 15) is 4.79 Å². The number of carbonyl (C=O) groups is 1. The molecule has 7 heteroatoms. The summed E-state index contributed by atoms with van der Waals surface area (Å²) in [5.41, 5.74) is 4.07. The molecule has 0 aliphatic carbocycles. The van der Waals surface area contributed by atoms with E-state index in [-0.39, 0.29) is 11.9 Å². The predicted molar refractivity (Wildman–Crippen MR) is 148 cm³/mol. The van der Waals surface area contributed by atoms with Gasteiger partial charge in [0.25, 0.3) is 0 Å². The number of aryl methyl sites for hydroxylation is 1. The van der Waals surface area contributed by atoms with Crippen molar-refractivity contribution in [2.75, 3.05) is 51.0 Å². The summed E-state index contributed by atoms with van der Waals surface area (Å²) in [4.78, 5) is 21.0. The van der Waals surface area contributed by atoms with Crippen molar-refractivity contribution >= 4 is 34.1 Å². The Morgan fingerprint density at radius 3 is 2.72 bits per heavy atom. The Kier molecular flexibility index (Phi) is 9.19. The number of carbonyl (C=O) groups excluding carboxylic acids is 1. The van der Waals surface area contributed by atoms with Crippen LogP contribution in [-0.2, 0) is 4.79 Å². The molecular formula is C29H37ClN4O2. The van der Waals surface area contributed by atoms with Gasteiger partial charge in [-0.3, -0.25) is 19.6 Å². The molecule has 1 N–H and O–H groups in total. The van der Waals surface area contributed by atoms with Crippen LogP contribution in [0.25, 0.3) is 10.9 Å². The third-order valence-corrected chi connectivity index (χ3v) is 7.20. The fraction of sp³-hybridized carbons (Fsp3) is 0.448. The van der Waals surface area contributed by atoms with Crippen molar-refractivity contribution in [3.63, 3.8) is 0 Å². The van der Waals surface area contributed by atoms with E-state index in [1.165, 1.54) is 5.56 Å². The quantitative estimate of drug-likeness (QED) is 0.366. The third-order valence-electron chi connectivity index (χ3n) is 7.04. The number of pyridine rings is 1. The highest BCUT2D eigenvalue weighted by molar-refractivity contribution is 6.18. The molecule has 192 valence electrons. The van der Waals surface area contributed by atoms with Crippen molar-refractivity contribution in [1.29, 1.82) is 0 Å². The monoisotopic (exact) mass is 508 g/mol. The number of halogens is 1. The van der Waals surface area contributed by atoms with Gasteiger partial charge >= 0.3 is 0 Å². The van der Waals surface area contributed by atoms with E-state index in [0.717, 1.165) is 67.1 Å². The van der Waals surface area contributed by atoms with E-state index < -0.39 is 0 Å². The molecule has 0 spiro atoms. The van der Waals surface area contributed by atoms with Crippen LogP contribution in [0.4, 0.5) is 5.69 Å². The van der Waals surface area contributed by atoms with Gasteiger partial charge in [-0.1, -0.05) is 18.2 Å². The first-order valence-corrected chi connectivity index (χ1v) is 13.3. The molecule has 4 rings (SSSR count). The number of likely N-dealkylation sites (tertiary alicyclic amines) is 1. The average Bonchev–Trinajstić information content (AvgIpc) is 2.85. The SMILES string of the molecule is CC(=O)Nc1cccc(C(C2CCN(CCOc3cccc4nc(C)ccc34)CC2)N(C)CCCl)c1. The Bertz CT molecular complexity index is 1160. The number of fused-ring (bicyclic) bond motifs is 1. The predicted octanol–water partition coefficient (Wildman–Crippen LogP) is 5.50. The van der Waals surface area contributed by atoms with Gasteiger partial charge in [0.1, 0.15) is 12.4 Å². The first-order valence-electron chi connectivity index (χ1n) is 12.8. The van der Waals surface area contributed by atoms with Crippen molar-refractivity contribution in [2.24, 2.45) is 5.92 Å². The lowest BCUT2D eigenvalue weighted by Crippen LogP contribution is -2.41. The van der Waals surface area contributed by atoms with Crippen LogP contribution in [-0.4, -0.2) is 66.4 Å². The first kappa shape index (κ1) is 26.4. The van der Waals surface area contributed by atoms with Gasteiger partial charge in [0.05, 0.1) is 5.52 Å². The molecule has 1 fully saturated rings. The number of rotatable bonds is 10. The molecule has 6 nitrogen and oxygen atoms in total. The number of benzene rings is 2. The molecule has 1 atom stereocenters. The van der Waals surface area contributed by atoms with Gasteiger partial charge in [0.15, 0.2) is 0 Å². The van der Waals surface area contributed by atoms with Crippen LogP contribution in [0, 0.1) is 12.8 Å². The summed E-state index contributed by atoms with van der Waals surface area (Å²) < 4.78 is 6.18. The van der Waals surface area contributed by atoms with Crippen molar-refractivity contribution in [1.82, 2.24) is 14.8 Å². The molecule has 3 aromatic rings. The molecule has 2 heterocycles. The van der Waals surface area contributed by atoms with Crippen molar-refractivity contribution in [2.45, 2.75) is 32.7 Å². The molecule has 0 saturated carbocycles. The van der Waals surface area contributed by atoms with Crippen LogP contribution in [0.2, 0.25) is 0 Å². The fourth-order valence-electron chi connectivity index (χ4n) is 5.29. The number of hydrogen-bond acceptors (Lipinski definition) is 5. The lowest BCUT2D eigenvalue weighted by atomic mass is 9.84. The van der Waals surface area contributed by atoms with Crippen LogP contribution in [0.15, 0.2) is 54.6 Å². The minimum Gasteiger partial charge on any atom is -0.492 e. The maximum absolute atomic E-state index is 11.6. The summed E-state index contributed by atoms with van der Waals surface area (Å²) in [6.45, 7) is 8.02. The van der Waals surface area contributed by atoms with Gasteiger partial charge in [-0.15, -0.1) is 11.6 Å². The van der Waals surface area contributed by atoms with Crippen molar-refractivity contribution in [3.05, 3.63) is 65.9 Å². The van der Waals surface area contributed by atoms with Crippen molar-refractivity contribution in [3.8, 4) is 5.75 Å². The van der Waals surface area contributed by atoms with E-state index in [1.807, 2.05) is 43.3 Å². The van der Waals surface area contributed by atoms with Crippen LogP contribution in [0.1, 0.15) is 37.1 Å². The number of alkyl halides is 1. The molecule has 1 amide bonds. The molecule has 1 aliphatic rings. The summed E-state index contributed by atoms with van der Waals surface area (Å²) in [7, 11) is 2.15. The van der Waals surface area contributed by atoms with Gasteiger partial charge in [-0.25, -0.2) is 0 Å². The Morgan fingerprint density at radius 1 is 1.19 bits per heavy atom. The molecule has 1 unspecified atom stereocenters. The van der Waals surface area contributed by atoms with Gasteiger partial charge in [-0.05, 0) is 87.8 Å². The Labute approximate surface area is 219 Å². The standard InChI is InChI=1S/C29H37ClN4O2/c1-21-10-11-26-27(31-21)8-5-9-28(26)36-19-18-34-15-12-23(13-16-34)29(33(3)17-14-30)24-6-4-7-25(20-24)32-22(2)35/h4-11,20,23,29H,12-19H2,1-3H3,(H,32,35). The summed E-state index contributed by atoms with van der Waals surface area (Å²) in [5.74, 6) is 1.97. The van der Waals surface area contributed by atoms with Crippen LogP contribution < -0.4 is 10.1 Å². The van der Waals surface area contributed by atoms with E-state index >= 15 is 0 Å². The second-order valence-corrected chi connectivity index (χ2v) is 10.1. The van der Waals surface area contributed by atoms with E-state index in [4.69, 9.17) is 16.3 Å². The summed E-state index contributed by atoms with van der Waals surface area (Å²) in [6, 6.07) is 18.7. The van der Waals surface area contributed by atoms with Crippen LogP contribution >= 0.6 is 11.6 Å². The lowest BCUT2D eigenvalue weighted by molar-refractivity contribution is -0.114. The normalized spacial score (nSPS) is 15.8. The minimum atomic E-state index is -0.0526. The first-order chi connectivity index (χ1) is 17.4. The number of amides is 1. The summed E-state index contributed by atoms with van der Waals surface area (Å²) in [6.07, 6.45) is 2.22. The Hall–Kier alpha value is -2.67. The second kappa shape index (κ2) is 12.5. The van der Waals surface area contributed by atoms with Gasteiger partial charge < -0.3 is 10.1 Å². The highest BCUT2D eigenvalue weighted by Gasteiger charge is 2.30. The number of nitrogens with zero attached hydrogens (tertiary/aromatic N) is 3. The van der Waals surface area contributed by atoms with Gasteiger partial charge in [0.2, 0.25) is 5.91 Å². The zero-order valence-electron chi connectivity index (χ0n) is 21.5. The second-order valence-electron chi connectivity index (χ2n) is 9.72. The molecular weight excluding hydrogens is 472 g/mol. The number of ether oxygens (including phenoxy) is 1. The summed E-state index contributed by atoms with van der Waals surface area (Å²) >= 11 is 6.12. The lowest BCUT2D eigenvalue weighted by Gasteiger charge is -2.40.